The summed E-state index contributed by atoms with van der Waals surface area (Å²) in [4.78, 5) is 0. The highest BCUT2D eigenvalue weighted by molar-refractivity contribution is 5.79. The summed E-state index contributed by atoms with van der Waals surface area (Å²) >= 11 is 0. The van der Waals surface area contributed by atoms with Crippen molar-refractivity contribution < 1.29 is 9.47 Å². The van der Waals surface area contributed by atoms with Crippen molar-refractivity contribution in [1.29, 1.82) is 0 Å². The topological polar surface area (TPSA) is 70.5 Å². The fourth-order valence-electron chi connectivity index (χ4n) is 1.86. The number of methoxy groups -OCH3 is 2. The minimum absolute atomic E-state index is 0.657. The first-order valence-corrected chi connectivity index (χ1v) is 5.53. The van der Waals surface area contributed by atoms with Crippen LogP contribution in [0.4, 0.5) is 11.4 Å². The van der Waals surface area contributed by atoms with Crippen molar-refractivity contribution in [2.45, 2.75) is 0 Å². The molecule has 0 aromatic heterocycles. The van der Waals surface area contributed by atoms with E-state index in [-0.39, 0.29) is 0 Å². The molecule has 0 aliphatic carbocycles. The number of ether oxygens (including phenoxy) is 2. The third kappa shape index (κ3) is 2.18. The molecular formula is C14H16N2O2. The number of hydrogen-bond acceptors (Lipinski definition) is 4. The van der Waals surface area contributed by atoms with Crippen LogP contribution >= 0.6 is 0 Å². The molecule has 0 spiro atoms. The van der Waals surface area contributed by atoms with Gasteiger partial charge in [0.25, 0.3) is 0 Å². The van der Waals surface area contributed by atoms with Gasteiger partial charge in [0.05, 0.1) is 14.2 Å². The zero-order valence-corrected chi connectivity index (χ0v) is 10.4. The minimum atomic E-state index is 0.657. The first-order valence-electron chi connectivity index (χ1n) is 5.53. The van der Waals surface area contributed by atoms with E-state index in [1.54, 1.807) is 26.4 Å². The van der Waals surface area contributed by atoms with Crippen LogP contribution in [0.1, 0.15) is 0 Å². The summed E-state index contributed by atoms with van der Waals surface area (Å²) in [6.07, 6.45) is 0. The maximum Gasteiger partial charge on any atom is 0.128 e. The van der Waals surface area contributed by atoms with Gasteiger partial charge in [0.15, 0.2) is 0 Å². The Kier molecular flexibility index (Phi) is 3.28. The van der Waals surface area contributed by atoms with Gasteiger partial charge in [-0.1, -0.05) is 0 Å². The molecule has 0 amide bonds. The first kappa shape index (κ1) is 12.1. The van der Waals surface area contributed by atoms with Gasteiger partial charge in [-0.15, -0.1) is 0 Å². The van der Waals surface area contributed by atoms with E-state index in [0.29, 0.717) is 22.9 Å². The van der Waals surface area contributed by atoms with Crippen LogP contribution < -0.4 is 20.9 Å². The molecule has 2 rings (SSSR count). The second-order valence-electron chi connectivity index (χ2n) is 3.92. The maximum absolute atomic E-state index is 5.74. The van der Waals surface area contributed by atoms with Crippen molar-refractivity contribution in [3.63, 3.8) is 0 Å². The van der Waals surface area contributed by atoms with Gasteiger partial charge in [-0.2, -0.15) is 0 Å². The van der Waals surface area contributed by atoms with Crippen LogP contribution in [-0.4, -0.2) is 14.2 Å². The van der Waals surface area contributed by atoms with Gasteiger partial charge in [0.2, 0.25) is 0 Å². The molecule has 4 nitrogen and oxygen atoms in total. The zero-order valence-electron chi connectivity index (χ0n) is 10.4. The predicted molar refractivity (Wildman–Crippen MR) is 73.8 cm³/mol. The van der Waals surface area contributed by atoms with Crippen LogP contribution in [0.25, 0.3) is 11.1 Å². The summed E-state index contributed by atoms with van der Waals surface area (Å²) < 4.78 is 10.7. The first-order chi connectivity index (χ1) is 8.65. The molecule has 0 radical (unpaired) electrons. The molecule has 2 aromatic rings. The van der Waals surface area contributed by atoms with Crippen molar-refractivity contribution in [1.82, 2.24) is 0 Å². The standard InChI is InChI=1S/C14H16N2O2/c1-17-13-7-9(15)3-5-11(13)12-6-4-10(16)8-14(12)18-2/h3-8H,15-16H2,1-2H3. The average Bonchev–Trinajstić information content (AvgIpc) is 2.38. The average molecular weight is 244 g/mol. The molecule has 0 bridgehead atoms. The van der Waals surface area contributed by atoms with Crippen LogP contribution in [0.15, 0.2) is 36.4 Å². The van der Waals surface area contributed by atoms with Gasteiger partial charge >= 0.3 is 0 Å². The van der Waals surface area contributed by atoms with Gasteiger partial charge in [-0.05, 0) is 24.3 Å². The number of benzene rings is 2. The predicted octanol–water partition coefficient (Wildman–Crippen LogP) is 2.54. The fourth-order valence-corrected chi connectivity index (χ4v) is 1.86. The molecule has 2 aromatic carbocycles. The Balaban J connectivity index is 2.61. The van der Waals surface area contributed by atoms with E-state index in [1.807, 2.05) is 24.3 Å². The normalized spacial score (nSPS) is 10.1. The van der Waals surface area contributed by atoms with Crippen molar-refractivity contribution in [3.05, 3.63) is 36.4 Å². The molecule has 0 aliphatic heterocycles. The van der Waals surface area contributed by atoms with E-state index in [0.717, 1.165) is 11.1 Å². The van der Waals surface area contributed by atoms with E-state index in [1.165, 1.54) is 0 Å². The van der Waals surface area contributed by atoms with Gasteiger partial charge in [0, 0.05) is 34.6 Å². The van der Waals surface area contributed by atoms with Crippen LogP contribution in [-0.2, 0) is 0 Å². The van der Waals surface area contributed by atoms with Crippen LogP contribution in [0.3, 0.4) is 0 Å². The Hall–Kier alpha value is -2.36. The molecule has 4 N–H and O–H groups in total. The molecule has 0 atom stereocenters. The van der Waals surface area contributed by atoms with E-state index in [9.17, 15) is 0 Å². The smallest absolute Gasteiger partial charge is 0.128 e. The van der Waals surface area contributed by atoms with Crippen LogP contribution in [0, 0.1) is 0 Å². The Morgan fingerprint density at radius 1 is 0.722 bits per heavy atom. The lowest BCUT2D eigenvalue weighted by molar-refractivity contribution is 0.410. The highest BCUT2D eigenvalue weighted by atomic mass is 16.5. The number of hydrogen-bond donors (Lipinski definition) is 2. The summed E-state index contributed by atoms with van der Waals surface area (Å²) in [5.74, 6) is 1.41. The lowest BCUT2D eigenvalue weighted by atomic mass is 10.0. The summed E-state index contributed by atoms with van der Waals surface area (Å²) in [6.45, 7) is 0. The molecule has 94 valence electrons. The zero-order chi connectivity index (χ0) is 13.1. The highest BCUT2D eigenvalue weighted by Gasteiger charge is 2.11. The molecule has 18 heavy (non-hydrogen) atoms. The maximum atomic E-state index is 5.74. The minimum Gasteiger partial charge on any atom is -0.496 e. The summed E-state index contributed by atoms with van der Waals surface area (Å²) in [5.41, 5.74) is 14.6. The molecule has 4 heteroatoms. The van der Waals surface area contributed by atoms with E-state index in [2.05, 4.69) is 0 Å². The van der Waals surface area contributed by atoms with Crippen molar-refractivity contribution in [2.24, 2.45) is 0 Å². The van der Waals surface area contributed by atoms with Crippen molar-refractivity contribution >= 4 is 11.4 Å². The van der Waals surface area contributed by atoms with Gasteiger partial charge in [0.1, 0.15) is 11.5 Å². The number of nitrogens with two attached hydrogens (primary N) is 2. The van der Waals surface area contributed by atoms with Crippen LogP contribution in [0.5, 0.6) is 11.5 Å². The third-order valence-corrected chi connectivity index (χ3v) is 2.74. The largest absolute Gasteiger partial charge is 0.496 e. The Labute approximate surface area is 106 Å². The number of rotatable bonds is 3. The van der Waals surface area contributed by atoms with Crippen molar-refractivity contribution in [2.75, 3.05) is 25.7 Å². The monoisotopic (exact) mass is 244 g/mol. The molecule has 0 heterocycles. The second kappa shape index (κ2) is 4.87. The molecule has 0 fully saturated rings. The number of nitrogen functional groups attached to an aromatic ring is 2. The summed E-state index contributed by atoms with van der Waals surface area (Å²) in [5, 5.41) is 0. The lowest BCUT2D eigenvalue weighted by Crippen LogP contribution is -1.95. The molecule has 0 unspecified atom stereocenters. The Morgan fingerprint density at radius 2 is 1.11 bits per heavy atom. The summed E-state index contributed by atoms with van der Waals surface area (Å²) in [7, 11) is 3.23. The number of anilines is 2. The Bertz CT molecular complexity index is 516. The van der Waals surface area contributed by atoms with Gasteiger partial charge in [-0.25, -0.2) is 0 Å². The highest BCUT2D eigenvalue weighted by Crippen LogP contribution is 2.38. The SMILES string of the molecule is COc1cc(N)ccc1-c1ccc(N)cc1OC. The second-order valence-corrected chi connectivity index (χ2v) is 3.92. The third-order valence-electron chi connectivity index (χ3n) is 2.74. The van der Waals surface area contributed by atoms with E-state index in [4.69, 9.17) is 20.9 Å². The molecule has 0 aliphatic rings. The van der Waals surface area contributed by atoms with E-state index < -0.39 is 0 Å². The molecular weight excluding hydrogens is 228 g/mol. The van der Waals surface area contributed by atoms with Crippen molar-refractivity contribution in [3.8, 4) is 22.6 Å². The fraction of sp³-hybridized carbons (Fsp3) is 0.143. The summed E-state index contributed by atoms with van der Waals surface area (Å²) in [6, 6.07) is 11.0. The Morgan fingerprint density at radius 3 is 1.44 bits per heavy atom. The van der Waals surface area contributed by atoms with E-state index >= 15 is 0 Å². The van der Waals surface area contributed by atoms with Crippen LogP contribution in [0.2, 0.25) is 0 Å². The van der Waals surface area contributed by atoms with Gasteiger partial charge in [-0.3, -0.25) is 0 Å². The molecule has 0 saturated heterocycles. The molecule has 0 saturated carbocycles. The quantitative estimate of drug-likeness (QED) is 0.814. The van der Waals surface area contributed by atoms with Gasteiger partial charge < -0.3 is 20.9 Å². The lowest BCUT2D eigenvalue weighted by Gasteiger charge is -2.13.